The van der Waals surface area contributed by atoms with E-state index in [4.69, 9.17) is 0 Å². The third-order valence-electron chi connectivity index (χ3n) is 4.70. The van der Waals surface area contributed by atoms with Gasteiger partial charge in [-0.3, -0.25) is 9.59 Å². The van der Waals surface area contributed by atoms with Crippen LogP contribution in [-0.4, -0.2) is 29.8 Å². The summed E-state index contributed by atoms with van der Waals surface area (Å²) in [6.07, 6.45) is 1.60. The first-order valence-electron chi connectivity index (χ1n) is 8.83. The summed E-state index contributed by atoms with van der Waals surface area (Å²) >= 11 is 0. The van der Waals surface area contributed by atoms with Crippen molar-refractivity contribution < 1.29 is 9.59 Å². The van der Waals surface area contributed by atoms with Gasteiger partial charge in [-0.25, -0.2) is 0 Å². The molecule has 3 rings (SSSR count). The van der Waals surface area contributed by atoms with Crippen molar-refractivity contribution in [3.63, 3.8) is 0 Å². The van der Waals surface area contributed by atoms with E-state index in [9.17, 15) is 9.59 Å². The molecule has 25 heavy (non-hydrogen) atoms. The van der Waals surface area contributed by atoms with Gasteiger partial charge in [0.15, 0.2) is 0 Å². The van der Waals surface area contributed by atoms with Crippen molar-refractivity contribution in [3.05, 3.63) is 71.3 Å². The molecule has 130 valence electrons. The standard InChI is InChI=1S/C21H24N2O2/c1-16(18-6-3-2-4-7-18)14-22-21(25)19-11-9-17(10-12-19)15-23-13-5-8-20(23)24/h2-4,6-7,9-12,16H,5,8,13-15H2,1H3,(H,22,25)/t16-/m1/s1. The number of nitrogens with zero attached hydrogens (tertiary/aromatic N) is 1. The van der Waals surface area contributed by atoms with E-state index >= 15 is 0 Å². The smallest absolute Gasteiger partial charge is 0.251 e. The maximum absolute atomic E-state index is 12.3. The number of carbonyl (C=O) groups excluding carboxylic acids is 2. The average molecular weight is 336 g/mol. The van der Waals surface area contributed by atoms with Gasteiger partial charge in [-0.05, 0) is 35.6 Å². The number of amides is 2. The fourth-order valence-corrected chi connectivity index (χ4v) is 3.10. The lowest BCUT2D eigenvalue weighted by Crippen LogP contribution is -2.27. The van der Waals surface area contributed by atoms with Crippen LogP contribution in [0.25, 0.3) is 0 Å². The maximum Gasteiger partial charge on any atom is 0.251 e. The van der Waals surface area contributed by atoms with Crippen molar-refractivity contribution in [3.8, 4) is 0 Å². The minimum atomic E-state index is -0.0634. The van der Waals surface area contributed by atoms with Gasteiger partial charge in [0.05, 0.1) is 0 Å². The van der Waals surface area contributed by atoms with Crippen LogP contribution in [0.5, 0.6) is 0 Å². The van der Waals surface area contributed by atoms with Crippen molar-refractivity contribution in [2.45, 2.75) is 32.2 Å². The van der Waals surface area contributed by atoms with Gasteiger partial charge in [-0.2, -0.15) is 0 Å². The lowest BCUT2D eigenvalue weighted by molar-refractivity contribution is -0.128. The molecule has 4 heteroatoms. The number of rotatable bonds is 6. The van der Waals surface area contributed by atoms with Gasteiger partial charge in [-0.15, -0.1) is 0 Å². The fraction of sp³-hybridized carbons (Fsp3) is 0.333. The van der Waals surface area contributed by atoms with Crippen LogP contribution < -0.4 is 5.32 Å². The molecule has 1 N–H and O–H groups in total. The normalized spacial score (nSPS) is 15.2. The third kappa shape index (κ3) is 4.47. The Labute approximate surface area is 148 Å². The minimum absolute atomic E-state index is 0.0634. The second-order valence-corrected chi connectivity index (χ2v) is 6.64. The maximum atomic E-state index is 12.3. The molecule has 1 fully saturated rings. The Balaban J connectivity index is 1.53. The summed E-state index contributed by atoms with van der Waals surface area (Å²) in [5, 5.41) is 2.99. The molecule has 0 aliphatic carbocycles. The second-order valence-electron chi connectivity index (χ2n) is 6.64. The van der Waals surface area contributed by atoms with Gasteiger partial charge in [-0.1, -0.05) is 49.4 Å². The van der Waals surface area contributed by atoms with Crippen LogP contribution in [0.4, 0.5) is 0 Å². The van der Waals surface area contributed by atoms with Crippen LogP contribution in [-0.2, 0) is 11.3 Å². The molecule has 0 bridgehead atoms. The topological polar surface area (TPSA) is 49.4 Å². The van der Waals surface area contributed by atoms with Crippen molar-refractivity contribution in [1.29, 1.82) is 0 Å². The van der Waals surface area contributed by atoms with Gasteiger partial charge >= 0.3 is 0 Å². The molecular weight excluding hydrogens is 312 g/mol. The predicted octanol–water partition coefficient (Wildman–Crippen LogP) is 3.34. The number of hydrogen-bond acceptors (Lipinski definition) is 2. The Hall–Kier alpha value is -2.62. The highest BCUT2D eigenvalue weighted by molar-refractivity contribution is 5.94. The summed E-state index contributed by atoms with van der Waals surface area (Å²) in [4.78, 5) is 25.9. The quantitative estimate of drug-likeness (QED) is 0.879. The van der Waals surface area contributed by atoms with E-state index in [1.165, 1.54) is 5.56 Å². The zero-order chi connectivity index (χ0) is 17.6. The molecular formula is C21H24N2O2. The molecule has 0 spiro atoms. The molecule has 1 aliphatic rings. The highest BCUT2D eigenvalue weighted by Crippen LogP contribution is 2.16. The molecule has 0 saturated carbocycles. The van der Waals surface area contributed by atoms with Gasteiger partial charge in [0.25, 0.3) is 5.91 Å². The van der Waals surface area contributed by atoms with Crippen LogP contribution in [0.1, 0.15) is 47.2 Å². The molecule has 1 heterocycles. The highest BCUT2D eigenvalue weighted by Gasteiger charge is 2.20. The van der Waals surface area contributed by atoms with E-state index in [1.807, 2.05) is 47.4 Å². The summed E-state index contributed by atoms with van der Waals surface area (Å²) in [5.74, 6) is 0.425. The van der Waals surface area contributed by atoms with E-state index in [0.717, 1.165) is 18.5 Å². The summed E-state index contributed by atoms with van der Waals surface area (Å²) < 4.78 is 0. The van der Waals surface area contributed by atoms with Crippen LogP contribution in [0.15, 0.2) is 54.6 Å². The molecule has 0 aromatic heterocycles. The van der Waals surface area contributed by atoms with E-state index in [1.54, 1.807) is 0 Å². The molecule has 1 atom stereocenters. The number of nitrogens with one attached hydrogen (secondary N) is 1. The van der Waals surface area contributed by atoms with E-state index in [0.29, 0.717) is 25.1 Å². The third-order valence-corrected chi connectivity index (χ3v) is 4.70. The molecule has 0 radical (unpaired) electrons. The fourth-order valence-electron chi connectivity index (χ4n) is 3.10. The van der Waals surface area contributed by atoms with Crippen LogP contribution in [0, 0.1) is 0 Å². The van der Waals surface area contributed by atoms with Crippen molar-refractivity contribution >= 4 is 11.8 Å². The van der Waals surface area contributed by atoms with Crippen molar-refractivity contribution in [1.82, 2.24) is 10.2 Å². The van der Waals surface area contributed by atoms with Crippen LogP contribution in [0.3, 0.4) is 0 Å². The zero-order valence-electron chi connectivity index (χ0n) is 14.6. The number of hydrogen-bond donors (Lipinski definition) is 1. The Morgan fingerprint density at radius 1 is 1.12 bits per heavy atom. The van der Waals surface area contributed by atoms with Crippen LogP contribution in [0.2, 0.25) is 0 Å². The van der Waals surface area contributed by atoms with E-state index in [2.05, 4.69) is 24.4 Å². The monoisotopic (exact) mass is 336 g/mol. The Kier molecular flexibility index (Phi) is 5.49. The number of likely N-dealkylation sites (tertiary alicyclic amines) is 1. The summed E-state index contributed by atoms with van der Waals surface area (Å²) in [7, 11) is 0. The Morgan fingerprint density at radius 2 is 1.84 bits per heavy atom. The Bertz CT molecular complexity index is 725. The molecule has 0 unspecified atom stereocenters. The average Bonchev–Trinajstić information content (AvgIpc) is 3.05. The molecule has 2 aromatic rings. The van der Waals surface area contributed by atoms with Gasteiger partial charge in [0.1, 0.15) is 0 Å². The predicted molar refractivity (Wildman–Crippen MR) is 98.3 cm³/mol. The number of benzene rings is 2. The minimum Gasteiger partial charge on any atom is -0.351 e. The van der Waals surface area contributed by atoms with E-state index in [-0.39, 0.29) is 17.7 Å². The zero-order valence-corrected chi connectivity index (χ0v) is 14.6. The Morgan fingerprint density at radius 3 is 2.48 bits per heavy atom. The van der Waals surface area contributed by atoms with E-state index < -0.39 is 0 Å². The highest BCUT2D eigenvalue weighted by atomic mass is 16.2. The molecule has 1 aliphatic heterocycles. The summed E-state index contributed by atoms with van der Waals surface area (Å²) in [6, 6.07) is 17.7. The van der Waals surface area contributed by atoms with Crippen LogP contribution >= 0.6 is 0 Å². The first-order valence-corrected chi connectivity index (χ1v) is 8.83. The molecule has 2 aromatic carbocycles. The van der Waals surface area contributed by atoms with Gasteiger partial charge in [0.2, 0.25) is 5.91 Å². The second kappa shape index (κ2) is 7.97. The SMILES string of the molecule is C[C@H](CNC(=O)c1ccc(CN2CCCC2=O)cc1)c1ccccc1. The molecule has 2 amide bonds. The summed E-state index contributed by atoms with van der Waals surface area (Å²) in [5.41, 5.74) is 2.93. The summed E-state index contributed by atoms with van der Waals surface area (Å²) in [6.45, 7) is 4.17. The molecule has 4 nitrogen and oxygen atoms in total. The number of carbonyl (C=O) groups is 2. The first-order chi connectivity index (χ1) is 12.1. The van der Waals surface area contributed by atoms with Gasteiger partial charge < -0.3 is 10.2 Å². The largest absolute Gasteiger partial charge is 0.351 e. The van der Waals surface area contributed by atoms with Gasteiger partial charge in [0, 0.05) is 31.6 Å². The molecule has 1 saturated heterocycles. The van der Waals surface area contributed by atoms with Crippen molar-refractivity contribution in [2.75, 3.05) is 13.1 Å². The first kappa shape index (κ1) is 17.2. The lowest BCUT2D eigenvalue weighted by Gasteiger charge is -2.16. The van der Waals surface area contributed by atoms with Crippen molar-refractivity contribution in [2.24, 2.45) is 0 Å². The lowest BCUT2D eigenvalue weighted by atomic mass is 10.0.